The smallest absolute Gasteiger partial charge is 0.330 e. The lowest BCUT2D eigenvalue weighted by Gasteiger charge is -2.31. The molecule has 6 heteroatoms. The number of carbonyl (C=O) groups is 2. The Morgan fingerprint density at radius 2 is 1.38 bits per heavy atom. The van der Waals surface area contributed by atoms with Crippen molar-refractivity contribution in [1.82, 2.24) is 9.80 Å². The van der Waals surface area contributed by atoms with Crippen LogP contribution in [0.2, 0.25) is 0 Å². The van der Waals surface area contributed by atoms with Gasteiger partial charge in [0, 0.05) is 25.6 Å². The molecule has 0 saturated carbocycles. The molecule has 2 fully saturated rings. The van der Waals surface area contributed by atoms with Crippen molar-refractivity contribution in [3.05, 3.63) is 11.6 Å². The highest BCUT2D eigenvalue weighted by Gasteiger charge is 2.21. The van der Waals surface area contributed by atoms with Gasteiger partial charge in [0.05, 0.1) is 13.2 Å². The lowest BCUT2D eigenvalue weighted by molar-refractivity contribution is -0.144. The van der Waals surface area contributed by atoms with Gasteiger partial charge in [0.25, 0.3) is 0 Å². The number of hydrogen-bond acceptors (Lipinski definition) is 6. The minimum Gasteiger partial charge on any atom is -0.466 e. The van der Waals surface area contributed by atoms with Gasteiger partial charge < -0.3 is 19.3 Å². The number of piperidine rings is 2. The molecule has 0 radical (unpaired) electrons. The van der Waals surface area contributed by atoms with Gasteiger partial charge in [-0.3, -0.25) is 4.79 Å². The molecule has 0 spiro atoms. The molecule has 186 valence electrons. The number of carbonyl (C=O) groups excluding carboxylic acids is 2. The van der Waals surface area contributed by atoms with Crippen LogP contribution in [0.25, 0.3) is 0 Å². The zero-order chi connectivity index (χ0) is 23.6. The van der Waals surface area contributed by atoms with Crippen LogP contribution in [0.3, 0.4) is 0 Å². The molecule has 2 rings (SSSR count). The summed E-state index contributed by atoms with van der Waals surface area (Å²) in [4.78, 5) is 27.6. The number of nitrogens with zero attached hydrogens (tertiary/aromatic N) is 2. The molecule has 32 heavy (non-hydrogen) atoms. The molecule has 0 aliphatic carbocycles. The van der Waals surface area contributed by atoms with Crippen molar-refractivity contribution >= 4 is 11.9 Å². The van der Waals surface area contributed by atoms with Gasteiger partial charge in [-0.05, 0) is 84.5 Å². The third kappa shape index (κ3) is 13.2. The van der Waals surface area contributed by atoms with E-state index < -0.39 is 0 Å². The summed E-state index contributed by atoms with van der Waals surface area (Å²) in [6.07, 6.45) is 11.7. The second kappa shape index (κ2) is 18.1. The predicted octanol–water partition coefficient (Wildman–Crippen LogP) is 4.82. The molecule has 2 aliphatic heterocycles. The van der Waals surface area contributed by atoms with Crippen LogP contribution >= 0.6 is 0 Å². The molecule has 6 nitrogen and oxygen atoms in total. The van der Waals surface area contributed by atoms with E-state index >= 15 is 0 Å². The molecular weight excluding hydrogens is 404 g/mol. The molecule has 0 bridgehead atoms. The Balaban J connectivity index is 0.000000320. The zero-order valence-corrected chi connectivity index (χ0v) is 21.2. The summed E-state index contributed by atoms with van der Waals surface area (Å²) in [7, 11) is 0. The fourth-order valence-corrected chi connectivity index (χ4v) is 4.19. The Kier molecular flexibility index (Phi) is 16.2. The van der Waals surface area contributed by atoms with Crippen molar-refractivity contribution in [3.63, 3.8) is 0 Å². The SMILES string of the molecule is CCCCN1CCC(=CC(=O)OCC)CC1.CCCCN1CCC(CC(=O)OCC)CC1. The fraction of sp³-hybridized carbons (Fsp3) is 0.846. The number of likely N-dealkylation sites (tertiary alicyclic amines) is 2. The molecule has 0 atom stereocenters. The summed E-state index contributed by atoms with van der Waals surface area (Å²) in [5, 5.41) is 0. The molecule has 0 unspecified atom stereocenters. The van der Waals surface area contributed by atoms with Gasteiger partial charge in [-0.15, -0.1) is 0 Å². The molecule has 2 heterocycles. The molecular formula is C26H48N2O4. The van der Waals surface area contributed by atoms with Crippen molar-refractivity contribution in [2.24, 2.45) is 5.92 Å². The van der Waals surface area contributed by atoms with Gasteiger partial charge >= 0.3 is 11.9 Å². The fourth-order valence-electron chi connectivity index (χ4n) is 4.19. The van der Waals surface area contributed by atoms with Crippen molar-refractivity contribution in [3.8, 4) is 0 Å². The Morgan fingerprint density at radius 1 is 0.844 bits per heavy atom. The average Bonchev–Trinajstić information content (AvgIpc) is 2.79. The van der Waals surface area contributed by atoms with E-state index in [4.69, 9.17) is 9.47 Å². The zero-order valence-electron chi connectivity index (χ0n) is 21.2. The molecule has 0 aromatic rings. The van der Waals surface area contributed by atoms with Crippen LogP contribution in [0.4, 0.5) is 0 Å². The first-order valence-corrected chi connectivity index (χ1v) is 13.0. The second-order valence-electron chi connectivity index (χ2n) is 8.90. The lowest BCUT2D eigenvalue weighted by Crippen LogP contribution is -2.35. The van der Waals surface area contributed by atoms with E-state index in [1.807, 2.05) is 13.8 Å². The van der Waals surface area contributed by atoms with Gasteiger partial charge in [0.15, 0.2) is 0 Å². The number of ether oxygens (including phenoxy) is 2. The van der Waals surface area contributed by atoms with E-state index in [0.717, 1.165) is 51.9 Å². The highest BCUT2D eigenvalue weighted by atomic mass is 16.5. The Hall–Kier alpha value is -1.40. The molecule has 0 N–H and O–H groups in total. The van der Waals surface area contributed by atoms with E-state index in [1.165, 1.54) is 44.3 Å². The molecule has 2 saturated heterocycles. The molecule has 0 amide bonds. The monoisotopic (exact) mass is 452 g/mol. The van der Waals surface area contributed by atoms with E-state index in [9.17, 15) is 9.59 Å². The predicted molar refractivity (Wildman–Crippen MR) is 131 cm³/mol. The third-order valence-corrected chi connectivity index (χ3v) is 6.23. The minimum atomic E-state index is -0.181. The Labute approximate surface area is 196 Å². The van der Waals surface area contributed by atoms with Crippen LogP contribution in [-0.4, -0.2) is 74.2 Å². The summed E-state index contributed by atoms with van der Waals surface area (Å²) in [5.74, 6) is 0.353. The quantitative estimate of drug-likeness (QED) is 0.331. The van der Waals surface area contributed by atoms with E-state index in [1.54, 1.807) is 6.08 Å². The van der Waals surface area contributed by atoms with Crippen molar-refractivity contribution < 1.29 is 19.1 Å². The second-order valence-corrected chi connectivity index (χ2v) is 8.90. The lowest BCUT2D eigenvalue weighted by atomic mass is 9.93. The molecule has 0 aromatic carbocycles. The number of esters is 2. The maximum Gasteiger partial charge on any atom is 0.330 e. The van der Waals surface area contributed by atoms with Gasteiger partial charge in [0.2, 0.25) is 0 Å². The van der Waals surface area contributed by atoms with E-state index in [0.29, 0.717) is 25.6 Å². The maximum atomic E-state index is 11.3. The van der Waals surface area contributed by atoms with Gasteiger partial charge in [-0.1, -0.05) is 32.3 Å². The van der Waals surface area contributed by atoms with Crippen molar-refractivity contribution in [2.75, 3.05) is 52.5 Å². The average molecular weight is 453 g/mol. The first-order valence-electron chi connectivity index (χ1n) is 13.0. The van der Waals surface area contributed by atoms with Crippen LogP contribution in [0, 0.1) is 5.92 Å². The summed E-state index contributed by atoms with van der Waals surface area (Å²) < 4.78 is 9.89. The minimum absolute atomic E-state index is 0.0190. The summed E-state index contributed by atoms with van der Waals surface area (Å²) >= 11 is 0. The van der Waals surface area contributed by atoms with Crippen LogP contribution in [0.1, 0.15) is 85.5 Å². The third-order valence-electron chi connectivity index (χ3n) is 6.23. The van der Waals surface area contributed by atoms with Crippen LogP contribution in [-0.2, 0) is 19.1 Å². The Morgan fingerprint density at radius 3 is 1.88 bits per heavy atom. The molecule has 0 aromatic heterocycles. The normalized spacial score (nSPS) is 17.9. The maximum absolute atomic E-state index is 11.3. The summed E-state index contributed by atoms with van der Waals surface area (Å²) in [6.45, 7) is 16.0. The van der Waals surface area contributed by atoms with Gasteiger partial charge in [-0.25, -0.2) is 4.79 Å². The number of rotatable bonds is 11. The van der Waals surface area contributed by atoms with Crippen molar-refractivity contribution in [1.29, 1.82) is 0 Å². The number of unbranched alkanes of at least 4 members (excludes halogenated alkanes) is 2. The highest BCUT2D eigenvalue weighted by Crippen LogP contribution is 2.21. The van der Waals surface area contributed by atoms with Crippen LogP contribution in [0.15, 0.2) is 11.6 Å². The first kappa shape index (κ1) is 28.6. The topological polar surface area (TPSA) is 59.1 Å². The molecule has 2 aliphatic rings. The van der Waals surface area contributed by atoms with E-state index in [-0.39, 0.29) is 11.9 Å². The summed E-state index contributed by atoms with van der Waals surface area (Å²) in [6, 6.07) is 0. The van der Waals surface area contributed by atoms with Gasteiger partial charge in [0.1, 0.15) is 0 Å². The van der Waals surface area contributed by atoms with E-state index in [2.05, 4.69) is 23.6 Å². The highest BCUT2D eigenvalue weighted by molar-refractivity contribution is 5.82. The van der Waals surface area contributed by atoms with Crippen molar-refractivity contribution in [2.45, 2.75) is 85.5 Å². The first-order chi connectivity index (χ1) is 15.5. The Bertz CT molecular complexity index is 532. The standard InChI is InChI=1S/C13H25NO2.C13H23NO2/c2*1-3-5-8-14-9-6-12(7-10-14)11-13(15)16-4-2/h12H,3-11H2,1-2H3;11H,3-10H2,1-2H3. The van der Waals surface area contributed by atoms with Gasteiger partial charge in [-0.2, -0.15) is 0 Å². The van der Waals surface area contributed by atoms with Crippen LogP contribution < -0.4 is 0 Å². The van der Waals surface area contributed by atoms with Crippen LogP contribution in [0.5, 0.6) is 0 Å². The largest absolute Gasteiger partial charge is 0.466 e. The summed E-state index contributed by atoms with van der Waals surface area (Å²) in [5.41, 5.74) is 1.24. The number of hydrogen-bond donors (Lipinski definition) is 0.